The molecule has 17 heavy (non-hydrogen) atoms. The number of benzene rings is 1. The molecular weight excluding hydrogens is 259 g/mol. The maximum Gasteiger partial charge on any atom is 0.414 e. The van der Waals surface area contributed by atoms with Crippen molar-refractivity contribution in [1.29, 1.82) is 0 Å². The lowest BCUT2D eigenvalue weighted by Crippen LogP contribution is -2.29. The molecule has 1 aromatic rings. The fourth-order valence-corrected chi connectivity index (χ4v) is 1.40. The SMILES string of the molecule is Cc1cc(Cl)cc(C(=O)NOCC(F)(F)F)c1. The maximum atomic E-state index is 11.7. The molecule has 7 heteroatoms. The standard InChI is InChI=1S/C10H9ClF3NO2/c1-6-2-7(4-8(11)3-6)9(16)15-17-5-10(12,13)14/h2-4H,5H2,1H3,(H,15,16). The fraction of sp³-hybridized carbons (Fsp3) is 0.300. The van der Waals surface area contributed by atoms with Crippen LogP contribution in [0.5, 0.6) is 0 Å². The van der Waals surface area contributed by atoms with E-state index in [4.69, 9.17) is 11.6 Å². The molecule has 0 aromatic heterocycles. The number of nitrogens with one attached hydrogen (secondary N) is 1. The zero-order chi connectivity index (χ0) is 13.1. The van der Waals surface area contributed by atoms with Crippen LogP contribution >= 0.6 is 11.6 Å². The Morgan fingerprint density at radius 1 is 1.41 bits per heavy atom. The van der Waals surface area contributed by atoms with Gasteiger partial charge in [0.2, 0.25) is 0 Å². The first-order valence-corrected chi connectivity index (χ1v) is 4.92. The van der Waals surface area contributed by atoms with Gasteiger partial charge < -0.3 is 0 Å². The van der Waals surface area contributed by atoms with E-state index in [1.54, 1.807) is 18.5 Å². The highest BCUT2D eigenvalue weighted by molar-refractivity contribution is 6.31. The van der Waals surface area contributed by atoms with Crippen LogP contribution in [-0.4, -0.2) is 18.7 Å². The molecule has 0 saturated heterocycles. The van der Waals surface area contributed by atoms with E-state index in [-0.39, 0.29) is 5.56 Å². The average molecular weight is 268 g/mol. The smallest absolute Gasteiger partial charge is 0.267 e. The van der Waals surface area contributed by atoms with Gasteiger partial charge in [-0.3, -0.25) is 9.63 Å². The number of hydrogen-bond donors (Lipinski definition) is 1. The van der Waals surface area contributed by atoms with Crippen LogP contribution in [0, 0.1) is 6.92 Å². The van der Waals surface area contributed by atoms with Crippen molar-refractivity contribution in [1.82, 2.24) is 5.48 Å². The molecular formula is C10H9ClF3NO2. The molecule has 1 aromatic carbocycles. The maximum absolute atomic E-state index is 11.7. The molecule has 0 atom stereocenters. The topological polar surface area (TPSA) is 38.3 Å². The van der Waals surface area contributed by atoms with Gasteiger partial charge in [-0.1, -0.05) is 11.6 Å². The summed E-state index contributed by atoms with van der Waals surface area (Å²) in [5.41, 5.74) is 2.55. The van der Waals surface area contributed by atoms with Gasteiger partial charge in [-0.25, -0.2) is 5.48 Å². The molecule has 0 saturated carbocycles. The van der Waals surface area contributed by atoms with Crippen LogP contribution in [0.25, 0.3) is 0 Å². The number of carbonyl (C=O) groups excluding carboxylic acids is 1. The fourth-order valence-electron chi connectivity index (χ4n) is 1.11. The van der Waals surface area contributed by atoms with Crippen LogP contribution in [0.3, 0.4) is 0 Å². The second kappa shape index (κ2) is 5.37. The molecule has 0 radical (unpaired) electrons. The lowest BCUT2D eigenvalue weighted by atomic mass is 10.1. The zero-order valence-corrected chi connectivity index (χ0v) is 9.52. The zero-order valence-electron chi connectivity index (χ0n) is 8.77. The molecule has 1 N–H and O–H groups in total. The molecule has 3 nitrogen and oxygen atoms in total. The Bertz CT molecular complexity index is 400. The van der Waals surface area contributed by atoms with Gasteiger partial charge in [0.05, 0.1) is 0 Å². The van der Waals surface area contributed by atoms with E-state index in [2.05, 4.69) is 4.84 Å². The van der Waals surface area contributed by atoms with Crippen molar-refractivity contribution in [2.45, 2.75) is 13.1 Å². The van der Waals surface area contributed by atoms with Crippen LogP contribution in [0.1, 0.15) is 15.9 Å². The summed E-state index contributed by atoms with van der Waals surface area (Å²) in [5, 5.41) is 0.325. The summed E-state index contributed by atoms with van der Waals surface area (Å²) in [6.07, 6.45) is -4.49. The van der Waals surface area contributed by atoms with Gasteiger partial charge in [-0.05, 0) is 30.7 Å². The summed E-state index contributed by atoms with van der Waals surface area (Å²) in [6.45, 7) is 0.164. The Labute approximate surface area is 100 Å². The van der Waals surface area contributed by atoms with E-state index >= 15 is 0 Å². The highest BCUT2D eigenvalue weighted by Gasteiger charge is 2.28. The van der Waals surface area contributed by atoms with Gasteiger partial charge in [0.25, 0.3) is 5.91 Å². The second-order valence-electron chi connectivity index (χ2n) is 3.35. The van der Waals surface area contributed by atoms with Crippen molar-refractivity contribution >= 4 is 17.5 Å². The quantitative estimate of drug-likeness (QED) is 0.855. The van der Waals surface area contributed by atoms with Crippen molar-refractivity contribution in [2.75, 3.05) is 6.61 Å². The summed E-state index contributed by atoms with van der Waals surface area (Å²) in [5.74, 6) is -0.778. The summed E-state index contributed by atoms with van der Waals surface area (Å²) in [4.78, 5) is 15.4. The first kappa shape index (κ1) is 13.8. The molecule has 0 heterocycles. The van der Waals surface area contributed by atoms with E-state index in [0.717, 1.165) is 5.56 Å². The molecule has 0 aliphatic rings. The Balaban J connectivity index is 2.58. The summed E-state index contributed by atoms with van der Waals surface area (Å²) < 4.78 is 35.2. The van der Waals surface area contributed by atoms with Crippen LogP contribution in [-0.2, 0) is 4.84 Å². The average Bonchev–Trinajstić information content (AvgIpc) is 2.13. The number of hydrogen-bond acceptors (Lipinski definition) is 2. The van der Waals surface area contributed by atoms with E-state index < -0.39 is 18.7 Å². The van der Waals surface area contributed by atoms with Crippen molar-refractivity contribution < 1.29 is 22.8 Å². The molecule has 0 bridgehead atoms. The molecule has 0 spiro atoms. The van der Waals surface area contributed by atoms with Crippen molar-refractivity contribution in [3.8, 4) is 0 Å². The van der Waals surface area contributed by atoms with Crippen LogP contribution < -0.4 is 5.48 Å². The third-order valence-corrected chi connectivity index (χ3v) is 1.92. The Morgan fingerprint density at radius 2 is 2.06 bits per heavy atom. The van der Waals surface area contributed by atoms with E-state index in [0.29, 0.717) is 5.02 Å². The lowest BCUT2D eigenvalue weighted by Gasteiger charge is -2.08. The minimum atomic E-state index is -4.49. The molecule has 0 unspecified atom stereocenters. The predicted molar refractivity (Wildman–Crippen MR) is 55.7 cm³/mol. The predicted octanol–water partition coefficient (Wildman–Crippen LogP) is 2.87. The highest BCUT2D eigenvalue weighted by Crippen LogP contribution is 2.15. The third kappa shape index (κ3) is 5.06. The first-order valence-electron chi connectivity index (χ1n) is 4.54. The van der Waals surface area contributed by atoms with Gasteiger partial charge in [-0.15, -0.1) is 0 Å². The Hall–Kier alpha value is -1.27. The highest BCUT2D eigenvalue weighted by atomic mass is 35.5. The summed E-state index contributed by atoms with van der Waals surface area (Å²) in [7, 11) is 0. The van der Waals surface area contributed by atoms with E-state index in [1.807, 2.05) is 0 Å². The van der Waals surface area contributed by atoms with E-state index in [1.165, 1.54) is 12.1 Å². The Kier molecular flexibility index (Phi) is 4.36. The minimum absolute atomic E-state index is 0.136. The van der Waals surface area contributed by atoms with Gasteiger partial charge in [0.1, 0.15) is 0 Å². The second-order valence-corrected chi connectivity index (χ2v) is 3.79. The van der Waals surface area contributed by atoms with Crippen molar-refractivity contribution in [2.24, 2.45) is 0 Å². The number of aryl methyl sites for hydroxylation is 1. The first-order chi connectivity index (χ1) is 7.78. The van der Waals surface area contributed by atoms with Gasteiger partial charge in [0, 0.05) is 10.6 Å². The number of alkyl halides is 3. The summed E-state index contributed by atoms with van der Waals surface area (Å²) >= 11 is 5.70. The lowest BCUT2D eigenvalue weighted by molar-refractivity contribution is -0.184. The van der Waals surface area contributed by atoms with Gasteiger partial charge >= 0.3 is 6.18 Å². The number of amides is 1. The molecule has 0 aliphatic heterocycles. The number of rotatable bonds is 3. The van der Waals surface area contributed by atoms with Crippen molar-refractivity contribution in [3.05, 3.63) is 34.3 Å². The molecule has 0 aliphatic carbocycles. The van der Waals surface area contributed by atoms with Crippen LogP contribution in [0.15, 0.2) is 18.2 Å². The van der Waals surface area contributed by atoms with E-state index in [9.17, 15) is 18.0 Å². The van der Waals surface area contributed by atoms with Crippen molar-refractivity contribution in [3.63, 3.8) is 0 Å². The molecule has 1 rings (SSSR count). The molecule has 1 amide bonds. The largest absolute Gasteiger partial charge is 0.414 e. The van der Waals surface area contributed by atoms with Crippen LogP contribution in [0.2, 0.25) is 5.02 Å². The molecule has 94 valence electrons. The molecule has 0 fully saturated rings. The summed E-state index contributed by atoms with van der Waals surface area (Å²) in [6, 6.07) is 4.44. The number of carbonyl (C=O) groups is 1. The monoisotopic (exact) mass is 267 g/mol. The van der Waals surface area contributed by atoms with Gasteiger partial charge in [0.15, 0.2) is 6.61 Å². The number of halogens is 4. The third-order valence-electron chi connectivity index (χ3n) is 1.71. The van der Waals surface area contributed by atoms with Gasteiger partial charge in [-0.2, -0.15) is 13.2 Å². The number of hydroxylamine groups is 1. The normalized spacial score (nSPS) is 11.4. The Morgan fingerprint density at radius 3 is 2.59 bits per heavy atom. The van der Waals surface area contributed by atoms with Crippen LogP contribution in [0.4, 0.5) is 13.2 Å². The minimum Gasteiger partial charge on any atom is -0.267 e.